The summed E-state index contributed by atoms with van der Waals surface area (Å²) in [6.45, 7) is 2.31. The highest BCUT2D eigenvalue weighted by atomic mass is 35.5. The fraction of sp³-hybridized carbons (Fsp3) is 0.538. The number of alkyl halides is 1. The van der Waals surface area contributed by atoms with Gasteiger partial charge < -0.3 is 9.84 Å². The van der Waals surface area contributed by atoms with Crippen LogP contribution in [0.2, 0.25) is 0 Å². The van der Waals surface area contributed by atoms with Gasteiger partial charge in [-0.05, 0) is 5.56 Å². The van der Waals surface area contributed by atoms with Crippen LogP contribution in [0.1, 0.15) is 5.56 Å². The maximum absolute atomic E-state index is 9.06. The maximum Gasteiger partial charge on any atom is 0.0833 e. The first kappa shape index (κ1) is 14.5. The Balaban J connectivity index is 2.53. The van der Waals surface area contributed by atoms with Crippen LogP contribution in [0, 0.1) is 0 Å². The Bertz CT molecular complexity index is 291. The zero-order valence-electron chi connectivity index (χ0n) is 10.2. The molecule has 0 spiro atoms. The lowest BCUT2D eigenvalue weighted by Crippen LogP contribution is -2.36. The number of hydrogen-bond acceptors (Lipinski definition) is 3. The number of nitrogens with zero attached hydrogens (tertiary/aromatic N) is 1. The Kier molecular flexibility index (Phi) is 7.21. The van der Waals surface area contributed by atoms with Crippen LogP contribution < -0.4 is 0 Å². The minimum atomic E-state index is 0.00642. The highest BCUT2D eigenvalue weighted by Crippen LogP contribution is 2.06. The van der Waals surface area contributed by atoms with Crippen LogP contribution >= 0.6 is 11.6 Å². The Morgan fingerprint density at radius 2 is 2.06 bits per heavy atom. The first-order valence-corrected chi connectivity index (χ1v) is 6.29. The van der Waals surface area contributed by atoms with Crippen LogP contribution in [0.3, 0.4) is 0 Å². The zero-order chi connectivity index (χ0) is 12.5. The summed E-state index contributed by atoms with van der Waals surface area (Å²) in [5.74, 6) is 0.465. The third-order valence-corrected chi connectivity index (χ3v) is 2.98. The summed E-state index contributed by atoms with van der Waals surface area (Å²) in [4.78, 5) is 2.14. The van der Waals surface area contributed by atoms with Crippen molar-refractivity contribution < 1.29 is 9.84 Å². The van der Waals surface area contributed by atoms with Gasteiger partial charge in [-0.2, -0.15) is 0 Å². The summed E-state index contributed by atoms with van der Waals surface area (Å²) in [5, 5.41) is 9.06. The molecule has 0 heterocycles. The SMILES string of the molecule is COC(CCl)CN(CCO)Cc1ccccc1. The van der Waals surface area contributed by atoms with Gasteiger partial charge in [0, 0.05) is 32.6 Å². The molecule has 0 aliphatic carbocycles. The molecule has 0 aliphatic heterocycles. The topological polar surface area (TPSA) is 32.7 Å². The van der Waals surface area contributed by atoms with Gasteiger partial charge in [0.05, 0.1) is 12.7 Å². The molecule has 0 saturated heterocycles. The minimum absolute atomic E-state index is 0.00642. The molecule has 17 heavy (non-hydrogen) atoms. The van der Waals surface area contributed by atoms with E-state index >= 15 is 0 Å². The van der Waals surface area contributed by atoms with E-state index in [4.69, 9.17) is 21.4 Å². The van der Waals surface area contributed by atoms with Crippen molar-refractivity contribution in [1.29, 1.82) is 0 Å². The first-order chi connectivity index (χ1) is 8.30. The number of rotatable bonds is 8. The molecule has 96 valence electrons. The number of aliphatic hydroxyl groups is 1. The van der Waals surface area contributed by atoms with Gasteiger partial charge >= 0.3 is 0 Å². The van der Waals surface area contributed by atoms with Gasteiger partial charge in [0.25, 0.3) is 0 Å². The number of methoxy groups -OCH3 is 1. The van der Waals surface area contributed by atoms with Crippen LogP contribution in [-0.2, 0) is 11.3 Å². The smallest absolute Gasteiger partial charge is 0.0833 e. The minimum Gasteiger partial charge on any atom is -0.395 e. The van der Waals surface area contributed by atoms with E-state index in [9.17, 15) is 0 Å². The van der Waals surface area contributed by atoms with Crippen LogP contribution in [0.4, 0.5) is 0 Å². The lowest BCUT2D eigenvalue weighted by atomic mass is 10.2. The van der Waals surface area contributed by atoms with Gasteiger partial charge in [-0.3, -0.25) is 4.90 Å². The molecule has 1 rings (SSSR count). The molecule has 0 aromatic heterocycles. The largest absolute Gasteiger partial charge is 0.395 e. The van der Waals surface area contributed by atoms with E-state index in [1.54, 1.807) is 7.11 Å². The lowest BCUT2D eigenvalue weighted by molar-refractivity contribution is 0.0690. The fourth-order valence-corrected chi connectivity index (χ4v) is 1.92. The highest BCUT2D eigenvalue weighted by molar-refractivity contribution is 6.18. The fourth-order valence-electron chi connectivity index (χ4n) is 1.69. The van der Waals surface area contributed by atoms with Crippen LogP contribution in [-0.4, -0.2) is 48.8 Å². The molecule has 1 aromatic rings. The lowest BCUT2D eigenvalue weighted by Gasteiger charge is -2.25. The Labute approximate surface area is 108 Å². The van der Waals surface area contributed by atoms with Crippen molar-refractivity contribution in [3.63, 3.8) is 0 Å². The van der Waals surface area contributed by atoms with Crippen molar-refractivity contribution in [3.05, 3.63) is 35.9 Å². The molecule has 1 unspecified atom stereocenters. The van der Waals surface area contributed by atoms with Crippen molar-refractivity contribution >= 4 is 11.6 Å². The molecule has 0 aliphatic rings. The molecule has 0 amide bonds. The van der Waals surface area contributed by atoms with Crippen molar-refractivity contribution in [2.24, 2.45) is 0 Å². The average molecular weight is 258 g/mol. The molecule has 1 aromatic carbocycles. The summed E-state index contributed by atoms with van der Waals surface area (Å²) in [6, 6.07) is 10.2. The van der Waals surface area contributed by atoms with E-state index in [-0.39, 0.29) is 12.7 Å². The molecule has 1 N–H and O–H groups in total. The van der Waals surface area contributed by atoms with Gasteiger partial charge in [0.15, 0.2) is 0 Å². The van der Waals surface area contributed by atoms with Gasteiger partial charge in [0.1, 0.15) is 0 Å². The third-order valence-electron chi connectivity index (χ3n) is 2.63. The van der Waals surface area contributed by atoms with Gasteiger partial charge in [-0.25, -0.2) is 0 Å². The van der Waals surface area contributed by atoms with E-state index < -0.39 is 0 Å². The summed E-state index contributed by atoms with van der Waals surface area (Å²) >= 11 is 5.80. The summed E-state index contributed by atoms with van der Waals surface area (Å²) in [7, 11) is 1.66. The van der Waals surface area contributed by atoms with Crippen molar-refractivity contribution in [3.8, 4) is 0 Å². The number of halogens is 1. The van der Waals surface area contributed by atoms with E-state index in [2.05, 4.69) is 17.0 Å². The van der Waals surface area contributed by atoms with Crippen molar-refractivity contribution in [2.45, 2.75) is 12.6 Å². The molecular weight excluding hydrogens is 238 g/mol. The monoisotopic (exact) mass is 257 g/mol. The quantitative estimate of drug-likeness (QED) is 0.720. The first-order valence-electron chi connectivity index (χ1n) is 5.76. The van der Waals surface area contributed by atoms with Gasteiger partial charge in [-0.1, -0.05) is 30.3 Å². The molecule has 4 heteroatoms. The van der Waals surface area contributed by atoms with Gasteiger partial charge in [0.2, 0.25) is 0 Å². The molecule has 0 fully saturated rings. The normalized spacial score (nSPS) is 12.9. The third kappa shape index (κ3) is 5.50. The highest BCUT2D eigenvalue weighted by Gasteiger charge is 2.12. The van der Waals surface area contributed by atoms with E-state index in [1.165, 1.54) is 5.56 Å². The summed E-state index contributed by atoms with van der Waals surface area (Å²) in [5.41, 5.74) is 1.23. The van der Waals surface area contributed by atoms with Crippen LogP contribution in [0.25, 0.3) is 0 Å². The summed E-state index contributed by atoms with van der Waals surface area (Å²) < 4.78 is 5.26. The second-order valence-electron chi connectivity index (χ2n) is 3.96. The number of ether oxygens (including phenoxy) is 1. The van der Waals surface area contributed by atoms with Gasteiger partial charge in [-0.15, -0.1) is 11.6 Å². The van der Waals surface area contributed by atoms with E-state index in [0.717, 1.165) is 13.1 Å². The predicted molar refractivity (Wildman–Crippen MR) is 70.3 cm³/mol. The molecule has 0 radical (unpaired) electrons. The molecular formula is C13H20ClNO2. The van der Waals surface area contributed by atoms with Crippen molar-refractivity contribution in [2.75, 3.05) is 32.7 Å². The second-order valence-corrected chi connectivity index (χ2v) is 4.26. The number of hydrogen-bond donors (Lipinski definition) is 1. The average Bonchev–Trinajstić information content (AvgIpc) is 2.37. The molecule has 0 bridgehead atoms. The number of benzene rings is 1. The Hall–Kier alpha value is -0.610. The van der Waals surface area contributed by atoms with Crippen molar-refractivity contribution in [1.82, 2.24) is 4.90 Å². The Morgan fingerprint density at radius 3 is 2.59 bits per heavy atom. The van der Waals surface area contributed by atoms with Crippen LogP contribution in [0.5, 0.6) is 0 Å². The zero-order valence-corrected chi connectivity index (χ0v) is 10.9. The number of aliphatic hydroxyl groups excluding tert-OH is 1. The Morgan fingerprint density at radius 1 is 1.35 bits per heavy atom. The molecule has 3 nitrogen and oxygen atoms in total. The molecule has 1 atom stereocenters. The molecule has 0 saturated carbocycles. The summed E-state index contributed by atoms with van der Waals surface area (Å²) in [6.07, 6.45) is 0.00642. The second kappa shape index (κ2) is 8.48. The van der Waals surface area contributed by atoms with Crippen LogP contribution in [0.15, 0.2) is 30.3 Å². The van der Waals surface area contributed by atoms with E-state index in [0.29, 0.717) is 12.4 Å². The maximum atomic E-state index is 9.06. The predicted octanol–water partition coefficient (Wildman–Crippen LogP) is 1.73. The standard InChI is InChI=1S/C13H20ClNO2/c1-17-13(9-14)11-15(7-8-16)10-12-5-3-2-4-6-12/h2-6,13,16H,7-11H2,1H3. The van der Waals surface area contributed by atoms with E-state index in [1.807, 2.05) is 18.2 Å².